The van der Waals surface area contributed by atoms with Gasteiger partial charge in [-0.1, -0.05) is 384 Å². The van der Waals surface area contributed by atoms with Crippen molar-refractivity contribution in [3.05, 3.63) is 505 Å². The summed E-state index contributed by atoms with van der Waals surface area (Å²) in [5.41, 5.74) is 32.4. The Morgan fingerprint density at radius 1 is 0.160 bits per heavy atom. The van der Waals surface area contributed by atoms with E-state index < -0.39 is 0 Å². The van der Waals surface area contributed by atoms with Gasteiger partial charge in [-0.3, -0.25) is 0 Å². The van der Waals surface area contributed by atoms with Gasteiger partial charge >= 0.3 is 0 Å². The molecule has 0 atom stereocenters. The molecule has 24 rings (SSSR count). The number of nitrogens with one attached hydrogen (secondary N) is 4. The highest BCUT2D eigenvalue weighted by atomic mass is 14.9. The lowest BCUT2D eigenvalue weighted by atomic mass is 9.67. The molecular weight excluding hydrogens is 1440 g/mol. The molecule has 4 nitrogen and oxygen atoms in total. The third-order valence-electron chi connectivity index (χ3n) is 25.0. The van der Waals surface area contributed by atoms with Gasteiger partial charge in [-0.25, -0.2) is 0 Å². The minimum Gasteiger partial charge on any atom is -0.355 e. The Balaban J connectivity index is 0.000000101. The molecule has 4 heteroatoms. The summed E-state index contributed by atoms with van der Waals surface area (Å²) in [6, 6.07) is 162. The van der Waals surface area contributed by atoms with Crippen LogP contribution in [0.25, 0.3) is 98.4 Å². The summed E-state index contributed by atoms with van der Waals surface area (Å²) in [6.07, 6.45) is 0. The highest BCUT2D eigenvalue weighted by Gasteiger charge is 2.52. The minimum atomic E-state index is -0.384. The van der Waals surface area contributed by atoms with Crippen LogP contribution in [0.2, 0.25) is 0 Å². The Morgan fingerprint density at radius 3 is 0.815 bits per heavy atom. The van der Waals surface area contributed by atoms with Gasteiger partial charge in [-0.2, -0.15) is 0 Å². The number of anilines is 8. The molecule has 0 radical (unpaired) electrons. The molecule has 0 unspecified atom stereocenters. The van der Waals surface area contributed by atoms with Crippen LogP contribution < -0.4 is 21.3 Å². The van der Waals surface area contributed by atoms with Crippen molar-refractivity contribution < 1.29 is 0 Å². The van der Waals surface area contributed by atoms with Crippen LogP contribution in [0, 0.1) is 0 Å². The maximum absolute atomic E-state index is 3.76. The van der Waals surface area contributed by atoms with Crippen molar-refractivity contribution in [3.63, 3.8) is 0 Å². The molecule has 4 N–H and O–H groups in total. The van der Waals surface area contributed by atoms with Gasteiger partial charge in [0, 0.05) is 67.1 Å². The first-order valence-electron chi connectivity index (χ1n) is 41.3. The summed E-state index contributed by atoms with van der Waals surface area (Å²) in [4.78, 5) is 0. The molecule has 0 aromatic heterocycles. The minimum absolute atomic E-state index is 0.0301. The Hall–Kier alpha value is -15.1. The summed E-state index contributed by atoms with van der Waals surface area (Å²) < 4.78 is 0. The van der Waals surface area contributed by atoms with Crippen molar-refractivity contribution in [2.24, 2.45) is 0 Å². The SMILES string of the molecule is CC1(C)c2ccccc2-c2ccc(Nc3cccc4ccccc34)cc21.c1ccc(C2(c3ccccc3)c3ccccc3-c3ccc(Nc4cccc5ccccc45)cc32)cc1.c1ccc2c(c1)-c1ccccc1C21c2ccccc2-c2ccc(Nc3cccc4ccccc34)cc21.c1ccc2cc(Nc3ccc4ccccc4c3)ccc2c1. The molecule has 564 valence electrons. The Kier molecular flexibility index (Phi) is 18.0. The number of hydrogen-bond donors (Lipinski definition) is 4. The van der Waals surface area contributed by atoms with Gasteiger partial charge < -0.3 is 21.3 Å². The molecule has 1 spiro atoms. The summed E-state index contributed by atoms with van der Waals surface area (Å²) in [5, 5.41) is 27.1. The molecule has 4 aliphatic carbocycles. The van der Waals surface area contributed by atoms with E-state index >= 15 is 0 Å². The van der Waals surface area contributed by atoms with Crippen molar-refractivity contribution in [1.82, 2.24) is 0 Å². The van der Waals surface area contributed by atoms with E-state index in [1.54, 1.807) is 0 Å². The lowest BCUT2D eigenvalue weighted by molar-refractivity contribution is 0.660. The Morgan fingerprint density at radius 2 is 0.420 bits per heavy atom. The number of benzene rings is 20. The van der Waals surface area contributed by atoms with Crippen LogP contribution in [0.1, 0.15) is 69.5 Å². The molecule has 0 amide bonds. The molecule has 0 heterocycles. The van der Waals surface area contributed by atoms with Crippen LogP contribution in [-0.4, -0.2) is 0 Å². The maximum atomic E-state index is 3.76. The second kappa shape index (κ2) is 29.9. The molecular formula is C115H84N4. The van der Waals surface area contributed by atoms with E-state index in [1.807, 2.05) is 0 Å². The summed E-state index contributed by atoms with van der Waals surface area (Å²) in [5.74, 6) is 0. The van der Waals surface area contributed by atoms with E-state index in [4.69, 9.17) is 0 Å². The molecule has 0 saturated carbocycles. The zero-order valence-corrected chi connectivity index (χ0v) is 66.2. The molecule has 119 heavy (non-hydrogen) atoms. The number of fused-ring (bicyclic) bond motifs is 21. The van der Waals surface area contributed by atoms with Crippen molar-refractivity contribution in [2.45, 2.75) is 30.1 Å². The molecule has 0 bridgehead atoms. The van der Waals surface area contributed by atoms with Crippen LogP contribution >= 0.6 is 0 Å². The fourth-order valence-corrected chi connectivity index (χ4v) is 19.6. The number of rotatable bonds is 10. The topological polar surface area (TPSA) is 48.1 Å². The van der Waals surface area contributed by atoms with Crippen LogP contribution in [-0.2, 0) is 16.2 Å². The van der Waals surface area contributed by atoms with E-state index in [-0.39, 0.29) is 16.2 Å². The van der Waals surface area contributed by atoms with Gasteiger partial charge in [0.05, 0.1) is 10.8 Å². The van der Waals surface area contributed by atoms with Crippen molar-refractivity contribution in [3.8, 4) is 44.5 Å². The lowest BCUT2D eigenvalue weighted by Gasteiger charge is -2.34. The Bertz CT molecular complexity index is 6920. The fraction of sp³-hybridized carbons (Fsp3) is 0.0435. The van der Waals surface area contributed by atoms with E-state index in [2.05, 4.69) is 484 Å². The second-order valence-electron chi connectivity index (χ2n) is 32.1. The van der Waals surface area contributed by atoms with Crippen LogP contribution in [0.4, 0.5) is 45.5 Å². The highest BCUT2D eigenvalue weighted by Crippen LogP contribution is 2.64. The monoisotopic (exact) mass is 1520 g/mol. The Labute approximate surface area is 695 Å². The molecule has 4 aliphatic rings. The average molecular weight is 1520 g/mol. The molecule has 20 aromatic rings. The standard InChI is InChI=1S/C35H23N.C35H25N.C25H21N.C20H15N/c1-2-12-25-23(10-1)11-9-19-34(25)36-24-20-21-29-28-15-5-8-18-32(28)35(33(29)22-24)30-16-6-3-13-26(30)27-14-4-7-17-31(27)35;1-3-14-26(15-4-1)35(27-16-5-2-6-17-27)32-20-10-9-19-30(32)31-23-22-28(24-33(31)35)36-34-21-11-13-25-12-7-8-18-29(25)34;1-25(2)22-12-6-5-11-20(22)21-15-14-18(16-23(21)25)26-24-13-7-9-17-8-3-4-10-19(17)24;1-3-7-17-13-19(11-9-15(17)5-1)21-20-12-10-16-6-2-4-8-18(16)14-20/h1-22,36H;1-24,36H;3-16,26H,1-2H3;1-14,21H. The van der Waals surface area contributed by atoms with Crippen molar-refractivity contribution in [1.29, 1.82) is 0 Å². The quantitative estimate of drug-likeness (QED) is 0.110. The zero-order valence-electron chi connectivity index (χ0n) is 66.2. The van der Waals surface area contributed by atoms with Crippen molar-refractivity contribution >= 4 is 99.4 Å². The maximum Gasteiger partial charge on any atom is 0.0726 e. The zero-order chi connectivity index (χ0) is 79.4. The van der Waals surface area contributed by atoms with Crippen LogP contribution in [0.15, 0.2) is 449 Å². The molecule has 0 aliphatic heterocycles. The third-order valence-corrected chi connectivity index (χ3v) is 25.0. The number of hydrogen-bond acceptors (Lipinski definition) is 4. The first-order valence-corrected chi connectivity index (χ1v) is 41.3. The van der Waals surface area contributed by atoms with E-state index in [1.165, 1.54) is 154 Å². The van der Waals surface area contributed by atoms with E-state index in [0.29, 0.717) is 0 Å². The first-order chi connectivity index (χ1) is 58.7. The van der Waals surface area contributed by atoms with Crippen molar-refractivity contribution in [2.75, 3.05) is 21.3 Å². The van der Waals surface area contributed by atoms with Gasteiger partial charge in [0.1, 0.15) is 0 Å². The van der Waals surface area contributed by atoms with Gasteiger partial charge in [0.25, 0.3) is 0 Å². The largest absolute Gasteiger partial charge is 0.355 e. The average Bonchev–Trinajstić information content (AvgIpc) is 1.52. The fourth-order valence-electron chi connectivity index (χ4n) is 19.6. The molecule has 0 fully saturated rings. The second-order valence-corrected chi connectivity index (χ2v) is 32.1. The van der Waals surface area contributed by atoms with Gasteiger partial charge in [-0.15, -0.1) is 0 Å². The normalized spacial score (nSPS) is 13.2. The molecule has 20 aromatic carbocycles. The van der Waals surface area contributed by atoms with Gasteiger partial charge in [0.15, 0.2) is 0 Å². The highest BCUT2D eigenvalue weighted by molar-refractivity contribution is 6.01. The molecule has 0 saturated heterocycles. The lowest BCUT2D eigenvalue weighted by Crippen LogP contribution is -2.28. The summed E-state index contributed by atoms with van der Waals surface area (Å²) in [6.45, 7) is 4.64. The predicted molar refractivity (Wildman–Crippen MR) is 503 cm³/mol. The predicted octanol–water partition coefficient (Wildman–Crippen LogP) is 30.5. The van der Waals surface area contributed by atoms with Gasteiger partial charge in [-0.05, 0) is 217 Å². The van der Waals surface area contributed by atoms with Crippen LogP contribution in [0.5, 0.6) is 0 Å². The summed E-state index contributed by atoms with van der Waals surface area (Å²) in [7, 11) is 0. The van der Waals surface area contributed by atoms with Crippen LogP contribution in [0.3, 0.4) is 0 Å². The summed E-state index contributed by atoms with van der Waals surface area (Å²) >= 11 is 0. The van der Waals surface area contributed by atoms with E-state index in [9.17, 15) is 0 Å². The smallest absolute Gasteiger partial charge is 0.0726 e. The third kappa shape index (κ3) is 12.5. The van der Waals surface area contributed by atoms with Gasteiger partial charge in [0.2, 0.25) is 0 Å². The van der Waals surface area contributed by atoms with E-state index in [0.717, 1.165) is 45.5 Å². The first kappa shape index (κ1) is 71.7.